The highest BCUT2D eigenvalue weighted by atomic mass is 16.5. The van der Waals surface area contributed by atoms with Crippen molar-refractivity contribution in [3.8, 4) is 11.1 Å². The van der Waals surface area contributed by atoms with Crippen LogP contribution in [-0.2, 0) is 12.8 Å². The summed E-state index contributed by atoms with van der Waals surface area (Å²) in [6.07, 6.45) is 8.46. The van der Waals surface area contributed by atoms with Gasteiger partial charge in [-0.05, 0) is 41.9 Å². The van der Waals surface area contributed by atoms with E-state index in [-0.39, 0.29) is 0 Å². The Morgan fingerprint density at radius 2 is 2.11 bits per heavy atom. The van der Waals surface area contributed by atoms with Crippen LogP contribution in [0.2, 0.25) is 0 Å². The second kappa shape index (κ2) is 5.47. The van der Waals surface area contributed by atoms with Crippen molar-refractivity contribution in [2.75, 3.05) is 6.54 Å². The van der Waals surface area contributed by atoms with Crippen LogP contribution in [0.4, 0.5) is 0 Å². The van der Waals surface area contributed by atoms with E-state index in [0.29, 0.717) is 12.5 Å². The fourth-order valence-corrected chi connectivity index (χ4v) is 2.89. The summed E-state index contributed by atoms with van der Waals surface area (Å²) in [4.78, 5) is 8.20. The molecule has 98 valence electrons. The van der Waals surface area contributed by atoms with E-state index >= 15 is 0 Å². The van der Waals surface area contributed by atoms with Gasteiger partial charge in [-0.15, -0.1) is 0 Å². The van der Waals surface area contributed by atoms with Crippen LogP contribution in [-0.4, -0.2) is 21.7 Å². The molecule has 0 amide bonds. The van der Waals surface area contributed by atoms with Gasteiger partial charge in [0.2, 0.25) is 0 Å². The normalized spacial score (nSPS) is 18.1. The largest absolute Gasteiger partial charge is 0.317 e. The SMILES string of the molecule is ONCC1CCc2c(cccc2-c2cncnc2)C1. The van der Waals surface area contributed by atoms with Crippen molar-refractivity contribution < 1.29 is 5.21 Å². The van der Waals surface area contributed by atoms with Gasteiger partial charge in [0.1, 0.15) is 6.33 Å². The quantitative estimate of drug-likeness (QED) is 0.826. The maximum absolute atomic E-state index is 8.83. The molecule has 0 aliphatic heterocycles. The maximum Gasteiger partial charge on any atom is 0.115 e. The third-order valence-corrected chi connectivity index (χ3v) is 3.84. The molecule has 2 N–H and O–H groups in total. The van der Waals surface area contributed by atoms with Crippen molar-refractivity contribution in [2.24, 2.45) is 5.92 Å². The van der Waals surface area contributed by atoms with Crippen molar-refractivity contribution in [3.63, 3.8) is 0 Å². The standard InChI is InChI=1S/C15H17N3O/c19-18-7-11-4-5-15-12(6-11)2-1-3-14(15)13-8-16-10-17-9-13/h1-3,8-11,18-19H,4-7H2. The maximum atomic E-state index is 8.83. The second-order valence-electron chi connectivity index (χ2n) is 5.04. The van der Waals surface area contributed by atoms with Crippen LogP contribution in [0.15, 0.2) is 36.9 Å². The number of nitrogens with one attached hydrogen (secondary N) is 1. The lowest BCUT2D eigenvalue weighted by Crippen LogP contribution is -2.25. The molecule has 1 aromatic carbocycles. The van der Waals surface area contributed by atoms with E-state index in [1.807, 2.05) is 12.4 Å². The Kier molecular flexibility index (Phi) is 3.53. The van der Waals surface area contributed by atoms with Crippen LogP contribution in [0.1, 0.15) is 17.5 Å². The molecule has 4 heteroatoms. The number of hydrogen-bond donors (Lipinski definition) is 2. The van der Waals surface area contributed by atoms with Gasteiger partial charge in [0, 0.05) is 24.5 Å². The summed E-state index contributed by atoms with van der Waals surface area (Å²) in [5.74, 6) is 0.514. The first-order valence-corrected chi connectivity index (χ1v) is 6.61. The molecule has 1 aliphatic carbocycles. The van der Waals surface area contributed by atoms with E-state index in [1.54, 1.807) is 6.33 Å². The molecule has 1 unspecified atom stereocenters. The van der Waals surface area contributed by atoms with Crippen molar-refractivity contribution >= 4 is 0 Å². The van der Waals surface area contributed by atoms with Crippen LogP contribution in [0.5, 0.6) is 0 Å². The van der Waals surface area contributed by atoms with Gasteiger partial charge in [-0.1, -0.05) is 18.2 Å². The van der Waals surface area contributed by atoms with Gasteiger partial charge in [0.05, 0.1) is 0 Å². The molecule has 3 rings (SSSR count). The van der Waals surface area contributed by atoms with E-state index in [2.05, 4.69) is 33.6 Å². The smallest absolute Gasteiger partial charge is 0.115 e. The number of nitrogens with zero attached hydrogens (tertiary/aromatic N) is 2. The topological polar surface area (TPSA) is 58.0 Å². The first kappa shape index (κ1) is 12.3. The van der Waals surface area contributed by atoms with Gasteiger partial charge in [0.15, 0.2) is 0 Å². The lowest BCUT2D eigenvalue weighted by molar-refractivity contribution is 0.145. The third-order valence-electron chi connectivity index (χ3n) is 3.84. The van der Waals surface area contributed by atoms with Gasteiger partial charge >= 0.3 is 0 Å². The number of hydroxylamine groups is 1. The van der Waals surface area contributed by atoms with E-state index in [4.69, 9.17) is 5.21 Å². The molecule has 4 nitrogen and oxygen atoms in total. The zero-order chi connectivity index (χ0) is 13.1. The van der Waals surface area contributed by atoms with Gasteiger partial charge in [0.25, 0.3) is 0 Å². The number of aromatic nitrogens is 2. The summed E-state index contributed by atoms with van der Waals surface area (Å²) in [6.45, 7) is 0.665. The second-order valence-corrected chi connectivity index (χ2v) is 5.04. The zero-order valence-corrected chi connectivity index (χ0v) is 10.7. The lowest BCUT2D eigenvalue weighted by atomic mass is 9.81. The number of hydrogen-bond acceptors (Lipinski definition) is 4. The minimum atomic E-state index is 0.514. The predicted octanol–water partition coefficient (Wildman–Crippen LogP) is 2.23. The summed E-state index contributed by atoms with van der Waals surface area (Å²) >= 11 is 0. The molecule has 19 heavy (non-hydrogen) atoms. The van der Waals surface area contributed by atoms with Crippen molar-refractivity contribution in [1.29, 1.82) is 0 Å². The minimum Gasteiger partial charge on any atom is -0.317 e. The van der Waals surface area contributed by atoms with Crippen molar-refractivity contribution in [1.82, 2.24) is 15.4 Å². The Hall–Kier alpha value is -1.78. The summed E-state index contributed by atoms with van der Waals surface area (Å²) in [7, 11) is 0. The van der Waals surface area contributed by atoms with Crippen LogP contribution < -0.4 is 5.48 Å². The summed E-state index contributed by atoms with van der Waals surface area (Å²) in [6, 6.07) is 6.42. The van der Waals surface area contributed by atoms with E-state index in [1.165, 1.54) is 16.7 Å². The molecular formula is C15H17N3O. The molecule has 0 radical (unpaired) electrons. The fourth-order valence-electron chi connectivity index (χ4n) is 2.89. The Balaban J connectivity index is 1.95. The summed E-state index contributed by atoms with van der Waals surface area (Å²) in [5.41, 5.74) is 7.41. The van der Waals surface area contributed by atoms with Crippen LogP contribution in [0.3, 0.4) is 0 Å². The number of rotatable bonds is 3. The van der Waals surface area contributed by atoms with E-state index in [9.17, 15) is 0 Å². The van der Waals surface area contributed by atoms with Gasteiger partial charge < -0.3 is 5.21 Å². The average Bonchev–Trinajstić information content (AvgIpc) is 2.48. The van der Waals surface area contributed by atoms with Gasteiger partial charge in [-0.3, -0.25) is 0 Å². The van der Waals surface area contributed by atoms with Gasteiger partial charge in [-0.25, -0.2) is 15.4 Å². The predicted molar refractivity (Wildman–Crippen MR) is 72.8 cm³/mol. The molecule has 0 saturated heterocycles. The Bertz CT molecular complexity index is 557. The van der Waals surface area contributed by atoms with E-state index in [0.717, 1.165) is 24.8 Å². The molecule has 1 aromatic heterocycles. The van der Waals surface area contributed by atoms with Crippen LogP contribution >= 0.6 is 0 Å². The molecule has 1 heterocycles. The Labute approximate surface area is 112 Å². The molecular weight excluding hydrogens is 238 g/mol. The Morgan fingerprint density at radius 1 is 1.26 bits per heavy atom. The fraction of sp³-hybridized carbons (Fsp3) is 0.333. The molecule has 0 spiro atoms. The number of fused-ring (bicyclic) bond motifs is 1. The van der Waals surface area contributed by atoms with E-state index < -0.39 is 0 Å². The molecule has 1 aliphatic rings. The van der Waals surface area contributed by atoms with Crippen molar-refractivity contribution in [3.05, 3.63) is 48.0 Å². The first-order chi connectivity index (χ1) is 9.38. The third kappa shape index (κ3) is 2.50. The van der Waals surface area contributed by atoms with Crippen molar-refractivity contribution in [2.45, 2.75) is 19.3 Å². The highest BCUT2D eigenvalue weighted by Gasteiger charge is 2.20. The molecule has 2 aromatic rings. The van der Waals surface area contributed by atoms with Crippen LogP contribution in [0, 0.1) is 5.92 Å². The van der Waals surface area contributed by atoms with Gasteiger partial charge in [-0.2, -0.15) is 0 Å². The highest BCUT2D eigenvalue weighted by Crippen LogP contribution is 2.32. The highest BCUT2D eigenvalue weighted by molar-refractivity contribution is 5.67. The number of benzene rings is 1. The monoisotopic (exact) mass is 255 g/mol. The average molecular weight is 255 g/mol. The molecule has 0 fully saturated rings. The molecule has 0 saturated carbocycles. The first-order valence-electron chi connectivity index (χ1n) is 6.61. The molecule has 1 atom stereocenters. The lowest BCUT2D eigenvalue weighted by Gasteiger charge is -2.26. The minimum absolute atomic E-state index is 0.514. The summed E-state index contributed by atoms with van der Waals surface area (Å²) in [5, 5.41) is 8.83. The zero-order valence-electron chi connectivity index (χ0n) is 10.7. The molecule has 0 bridgehead atoms. The Morgan fingerprint density at radius 3 is 2.89 bits per heavy atom. The summed E-state index contributed by atoms with van der Waals surface area (Å²) < 4.78 is 0. The van der Waals surface area contributed by atoms with Crippen LogP contribution in [0.25, 0.3) is 11.1 Å².